The molecule has 0 bridgehead atoms. The first-order valence-electron chi connectivity index (χ1n) is 10.2. The molecule has 3 saturated heterocycles. The van der Waals surface area contributed by atoms with Crippen molar-refractivity contribution in [3.05, 3.63) is 0 Å². The first-order valence-corrected chi connectivity index (χ1v) is 12.4. The molecule has 27 heavy (non-hydrogen) atoms. The predicted molar refractivity (Wildman–Crippen MR) is 131 cm³/mol. The Morgan fingerprint density at radius 1 is 1.26 bits per heavy atom. The van der Waals surface area contributed by atoms with E-state index in [4.69, 9.17) is 9.73 Å². The molecule has 3 heterocycles. The van der Waals surface area contributed by atoms with E-state index in [1.807, 2.05) is 0 Å². The van der Waals surface area contributed by atoms with Gasteiger partial charge in [-0.25, -0.2) is 0 Å². The van der Waals surface area contributed by atoms with E-state index in [0.29, 0.717) is 5.25 Å². The van der Waals surface area contributed by atoms with Crippen LogP contribution in [0.4, 0.5) is 0 Å². The number of thioether (sulfide) groups is 2. The predicted octanol–water partition coefficient (Wildman–Crippen LogP) is 2.85. The SMILES string of the molecule is CCNC(=NCC1(N2CCOCC2)CCSC1)N1CCSC(C(C)C)C1.I. The molecular formula is C19H37IN4OS2. The van der Waals surface area contributed by atoms with Crippen molar-refractivity contribution in [2.45, 2.75) is 38.0 Å². The van der Waals surface area contributed by atoms with E-state index >= 15 is 0 Å². The summed E-state index contributed by atoms with van der Waals surface area (Å²) in [6, 6.07) is 0. The summed E-state index contributed by atoms with van der Waals surface area (Å²) in [7, 11) is 0. The lowest BCUT2D eigenvalue weighted by atomic mass is 9.96. The Balaban J connectivity index is 0.00000261. The highest BCUT2D eigenvalue weighted by Gasteiger charge is 2.40. The molecule has 8 heteroatoms. The van der Waals surface area contributed by atoms with Gasteiger partial charge in [-0.15, -0.1) is 24.0 Å². The van der Waals surface area contributed by atoms with Crippen LogP contribution in [0.2, 0.25) is 0 Å². The van der Waals surface area contributed by atoms with E-state index in [0.717, 1.165) is 64.4 Å². The largest absolute Gasteiger partial charge is 0.379 e. The lowest BCUT2D eigenvalue weighted by molar-refractivity contribution is -0.0105. The van der Waals surface area contributed by atoms with Crippen LogP contribution in [-0.4, -0.2) is 96.3 Å². The Labute approximate surface area is 191 Å². The fourth-order valence-corrected chi connectivity index (χ4v) is 6.79. The molecule has 3 rings (SSSR count). The van der Waals surface area contributed by atoms with Crippen molar-refractivity contribution in [3.8, 4) is 0 Å². The number of halogens is 1. The summed E-state index contributed by atoms with van der Waals surface area (Å²) in [6.07, 6.45) is 1.26. The van der Waals surface area contributed by atoms with Crippen LogP contribution < -0.4 is 5.32 Å². The summed E-state index contributed by atoms with van der Waals surface area (Å²) >= 11 is 4.22. The monoisotopic (exact) mass is 528 g/mol. The average Bonchev–Trinajstić information content (AvgIpc) is 3.16. The molecule has 158 valence electrons. The molecule has 0 aromatic carbocycles. The van der Waals surface area contributed by atoms with E-state index < -0.39 is 0 Å². The van der Waals surface area contributed by atoms with Gasteiger partial charge in [0.1, 0.15) is 0 Å². The lowest BCUT2D eigenvalue weighted by Crippen LogP contribution is -2.56. The van der Waals surface area contributed by atoms with E-state index in [1.54, 1.807) is 0 Å². The topological polar surface area (TPSA) is 40.1 Å². The third kappa shape index (κ3) is 6.30. The van der Waals surface area contributed by atoms with E-state index in [9.17, 15) is 0 Å². The van der Waals surface area contributed by atoms with Gasteiger partial charge in [-0.2, -0.15) is 23.5 Å². The highest BCUT2D eigenvalue weighted by atomic mass is 127. The summed E-state index contributed by atoms with van der Waals surface area (Å²) in [5.74, 6) is 5.52. The minimum absolute atomic E-state index is 0. The number of morpholine rings is 1. The molecule has 3 fully saturated rings. The van der Waals surface area contributed by atoms with Gasteiger partial charge in [-0.3, -0.25) is 9.89 Å². The molecule has 2 atom stereocenters. The van der Waals surface area contributed by atoms with Crippen molar-refractivity contribution in [1.29, 1.82) is 0 Å². The number of aliphatic imine (C=N–C) groups is 1. The van der Waals surface area contributed by atoms with Crippen molar-refractivity contribution < 1.29 is 4.74 Å². The second kappa shape index (κ2) is 11.7. The molecule has 0 aromatic heterocycles. The van der Waals surface area contributed by atoms with E-state index in [-0.39, 0.29) is 29.5 Å². The standard InChI is InChI=1S/C19H36N4OS2.HI/c1-4-20-18(22-8-12-26-17(13-22)16(2)3)21-14-19(5-11-25-15-19)23-6-9-24-10-7-23;/h16-17H,4-15H2,1-3H3,(H,20,21);1H. The van der Waals surface area contributed by atoms with Gasteiger partial charge in [0, 0.05) is 49.5 Å². The highest BCUT2D eigenvalue weighted by molar-refractivity contribution is 14.0. The van der Waals surface area contributed by atoms with Crippen molar-refractivity contribution in [2.75, 3.05) is 69.7 Å². The quantitative estimate of drug-likeness (QED) is 0.336. The van der Waals surface area contributed by atoms with Crippen LogP contribution in [0.5, 0.6) is 0 Å². The minimum atomic E-state index is 0. The van der Waals surface area contributed by atoms with Crippen LogP contribution in [0.1, 0.15) is 27.2 Å². The second-order valence-electron chi connectivity index (χ2n) is 7.90. The Morgan fingerprint density at radius 3 is 2.67 bits per heavy atom. The number of nitrogens with zero attached hydrogens (tertiary/aromatic N) is 3. The Kier molecular flexibility index (Phi) is 10.4. The first kappa shape index (κ1) is 23.9. The van der Waals surface area contributed by atoms with Gasteiger partial charge in [-0.1, -0.05) is 13.8 Å². The first-order chi connectivity index (χ1) is 12.6. The van der Waals surface area contributed by atoms with Gasteiger partial charge >= 0.3 is 0 Å². The van der Waals surface area contributed by atoms with Gasteiger partial charge < -0.3 is 15.0 Å². The van der Waals surface area contributed by atoms with Gasteiger partial charge in [0.05, 0.1) is 25.3 Å². The van der Waals surface area contributed by atoms with Gasteiger partial charge in [-0.05, 0) is 25.0 Å². The van der Waals surface area contributed by atoms with Crippen LogP contribution in [0.25, 0.3) is 0 Å². The van der Waals surface area contributed by atoms with Gasteiger partial charge in [0.2, 0.25) is 0 Å². The highest BCUT2D eigenvalue weighted by Crippen LogP contribution is 2.34. The van der Waals surface area contributed by atoms with E-state index in [2.05, 4.69) is 59.4 Å². The number of hydrogen-bond acceptors (Lipinski definition) is 5. The summed E-state index contributed by atoms with van der Waals surface area (Å²) in [5.41, 5.74) is 0.233. The lowest BCUT2D eigenvalue weighted by Gasteiger charge is -2.42. The molecule has 5 nitrogen and oxygen atoms in total. The maximum absolute atomic E-state index is 5.59. The summed E-state index contributed by atoms with van der Waals surface area (Å²) in [6.45, 7) is 14.8. The van der Waals surface area contributed by atoms with Crippen LogP contribution in [-0.2, 0) is 4.74 Å². The number of rotatable bonds is 5. The third-order valence-corrected chi connectivity index (χ3v) is 8.53. The summed E-state index contributed by atoms with van der Waals surface area (Å²) in [5, 5.41) is 4.28. The van der Waals surface area contributed by atoms with E-state index in [1.165, 1.54) is 23.7 Å². The molecule has 0 radical (unpaired) electrons. The molecule has 0 saturated carbocycles. The Morgan fingerprint density at radius 2 is 2.04 bits per heavy atom. The molecule has 0 amide bonds. The molecule has 2 unspecified atom stereocenters. The fraction of sp³-hybridized carbons (Fsp3) is 0.947. The van der Waals surface area contributed by atoms with Gasteiger partial charge in [0.25, 0.3) is 0 Å². The smallest absolute Gasteiger partial charge is 0.194 e. The molecule has 3 aliphatic rings. The summed E-state index contributed by atoms with van der Waals surface area (Å²) in [4.78, 5) is 10.3. The fourth-order valence-electron chi connectivity index (χ4n) is 4.03. The minimum Gasteiger partial charge on any atom is -0.379 e. The third-order valence-electron chi connectivity index (χ3n) is 5.76. The van der Waals surface area contributed by atoms with Crippen LogP contribution in [0.3, 0.4) is 0 Å². The molecule has 0 spiro atoms. The zero-order valence-electron chi connectivity index (χ0n) is 17.1. The Bertz CT molecular complexity index is 469. The normalized spacial score (nSPS) is 30.4. The second-order valence-corrected chi connectivity index (χ2v) is 10.3. The number of ether oxygens (including phenoxy) is 1. The molecule has 0 aliphatic carbocycles. The van der Waals surface area contributed by atoms with Crippen LogP contribution >= 0.6 is 47.5 Å². The van der Waals surface area contributed by atoms with Crippen LogP contribution in [0.15, 0.2) is 4.99 Å². The van der Waals surface area contributed by atoms with Crippen molar-refractivity contribution in [2.24, 2.45) is 10.9 Å². The number of guanidine groups is 1. The molecule has 1 N–H and O–H groups in total. The van der Waals surface area contributed by atoms with Crippen molar-refractivity contribution >= 4 is 53.5 Å². The molecular weight excluding hydrogens is 491 g/mol. The van der Waals surface area contributed by atoms with Gasteiger partial charge in [0.15, 0.2) is 5.96 Å². The average molecular weight is 529 g/mol. The number of hydrogen-bond donors (Lipinski definition) is 1. The van der Waals surface area contributed by atoms with Crippen LogP contribution in [0, 0.1) is 5.92 Å². The maximum Gasteiger partial charge on any atom is 0.194 e. The zero-order valence-corrected chi connectivity index (χ0v) is 21.1. The van der Waals surface area contributed by atoms with Crippen molar-refractivity contribution in [3.63, 3.8) is 0 Å². The summed E-state index contributed by atoms with van der Waals surface area (Å²) < 4.78 is 5.59. The van der Waals surface area contributed by atoms with Crippen molar-refractivity contribution in [1.82, 2.24) is 15.1 Å². The zero-order chi connectivity index (χ0) is 18.4. The molecule has 3 aliphatic heterocycles. The maximum atomic E-state index is 5.59. The molecule has 0 aromatic rings. The Hall–Kier alpha value is 0.620. The number of nitrogens with one attached hydrogen (secondary N) is 1.